The highest BCUT2D eigenvalue weighted by Gasteiger charge is 2.18. The molecule has 1 aromatic heterocycles. The number of nitrogens with one attached hydrogen (secondary N) is 1. The fraction of sp³-hybridized carbons (Fsp3) is 0.500. The van der Waals surface area contributed by atoms with E-state index in [1.807, 2.05) is 0 Å². The van der Waals surface area contributed by atoms with Crippen molar-refractivity contribution in [1.82, 2.24) is 4.98 Å². The molecule has 1 fully saturated rings. The first-order chi connectivity index (χ1) is 8.16. The van der Waals surface area contributed by atoms with Crippen molar-refractivity contribution in [2.75, 3.05) is 18.5 Å². The average Bonchev–Trinajstić information content (AvgIpc) is 2.32. The third-order valence-electron chi connectivity index (χ3n) is 2.74. The molecule has 0 unspecified atom stereocenters. The van der Waals surface area contributed by atoms with Crippen LogP contribution in [-0.4, -0.2) is 41.4 Å². The number of hydrogen-bond acceptors (Lipinski definition) is 5. The lowest BCUT2D eigenvalue weighted by Crippen LogP contribution is -2.33. The number of pyridine rings is 1. The monoisotopic (exact) mass is 256 g/mol. The maximum atomic E-state index is 9.13. The number of ether oxygens (including phenoxy) is 1. The van der Waals surface area contributed by atoms with E-state index in [1.54, 1.807) is 6.07 Å². The van der Waals surface area contributed by atoms with Crippen molar-refractivity contribution in [3.63, 3.8) is 0 Å². The van der Waals surface area contributed by atoms with Crippen LogP contribution >= 0.6 is 11.6 Å². The molecule has 0 aliphatic carbocycles. The first-order valence-electron chi connectivity index (χ1n) is 5.52. The predicted molar refractivity (Wildman–Crippen MR) is 66.5 cm³/mol. The summed E-state index contributed by atoms with van der Waals surface area (Å²) >= 11 is 5.80. The van der Waals surface area contributed by atoms with Crippen molar-refractivity contribution in [2.45, 2.75) is 18.9 Å². The Morgan fingerprint density at radius 2 is 2.12 bits per heavy atom. The molecule has 0 saturated carbocycles. The molecule has 0 atom stereocenters. The van der Waals surface area contributed by atoms with Gasteiger partial charge in [0.2, 0.25) is 0 Å². The van der Waals surface area contributed by atoms with E-state index in [0.717, 1.165) is 26.1 Å². The molecule has 1 saturated heterocycles. The van der Waals surface area contributed by atoms with E-state index in [-0.39, 0.29) is 10.5 Å². The number of halogens is 1. The van der Waals surface area contributed by atoms with Crippen LogP contribution in [0.2, 0.25) is 5.02 Å². The molecule has 7 heteroatoms. The first kappa shape index (κ1) is 12.6. The van der Waals surface area contributed by atoms with Gasteiger partial charge in [0, 0.05) is 30.9 Å². The number of nitrogens with zero attached hydrogens (tertiary/aromatic N) is 1. The minimum atomic E-state index is -1.58. The maximum Gasteiger partial charge on any atom is 0.490 e. The lowest BCUT2D eigenvalue weighted by atomic mass is 9.81. The Labute approximate surface area is 105 Å². The molecule has 3 N–H and O–H groups in total. The summed E-state index contributed by atoms with van der Waals surface area (Å²) < 4.78 is 5.26. The molecular formula is C10H14BClN2O3. The smallest absolute Gasteiger partial charge is 0.423 e. The van der Waals surface area contributed by atoms with Gasteiger partial charge in [-0.2, -0.15) is 0 Å². The molecule has 1 aliphatic heterocycles. The molecule has 2 heterocycles. The van der Waals surface area contributed by atoms with Gasteiger partial charge in [-0.1, -0.05) is 11.6 Å². The summed E-state index contributed by atoms with van der Waals surface area (Å²) in [5.41, 5.74) is 0.260. The summed E-state index contributed by atoms with van der Waals surface area (Å²) in [6.45, 7) is 1.47. The number of hydrogen-bond donors (Lipinski definition) is 3. The second-order valence-electron chi connectivity index (χ2n) is 4.00. The molecule has 1 aromatic rings. The lowest BCUT2D eigenvalue weighted by molar-refractivity contribution is 0.0904. The standard InChI is InChI=1S/C10H14BClN2O3/c12-9-6-13-10(5-8(9)11(15)16)14-7-1-3-17-4-2-7/h5-7,15-16H,1-4H2,(H,13,14). The first-order valence-corrected chi connectivity index (χ1v) is 5.90. The highest BCUT2D eigenvalue weighted by molar-refractivity contribution is 6.62. The van der Waals surface area contributed by atoms with E-state index in [0.29, 0.717) is 11.9 Å². The van der Waals surface area contributed by atoms with E-state index in [2.05, 4.69) is 10.3 Å². The molecule has 0 aromatic carbocycles. The van der Waals surface area contributed by atoms with Gasteiger partial charge in [-0.3, -0.25) is 0 Å². The Balaban J connectivity index is 2.07. The largest absolute Gasteiger partial charge is 0.490 e. The van der Waals surface area contributed by atoms with E-state index >= 15 is 0 Å². The van der Waals surface area contributed by atoms with Gasteiger partial charge in [-0.15, -0.1) is 0 Å². The van der Waals surface area contributed by atoms with Crippen molar-refractivity contribution in [2.24, 2.45) is 0 Å². The van der Waals surface area contributed by atoms with Crippen LogP contribution in [0.1, 0.15) is 12.8 Å². The van der Waals surface area contributed by atoms with Crippen molar-refractivity contribution in [3.05, 3.63) is 17.3 Å². The quantitative estimate of drug-likeness (QED) is 0.664. The Morgan fingerprint density at radius 1 is 1.41 bits per heavy atom. The van der Waals surface area contributed by atoms with Crippen LogP contribution in [0.25, 0.3) is 0 Å². The zero-order chi connectivity index (χ0) is 12.3. The van der Waals surface area contributed by atoms with Gasteiger partial charge in [0.1, 0.15) is 5.82 Å². The highest BCUT2D eigenvalue weighted by Crippen LogP contribution is 2.14. The minimum Gasteiger partial charge on any atom is -0.423 e. The summed E-state index contributed by atoms with van der Waals surface area (Å²) in [6, 6.07) is 1.86. The van der Waals surface area contributed by atoms with Gasteiger partial charge < -0.3 is 20.1 Å². The second-order valence-corrected chi connectivity index (χ2v) is 4.40. The Hall–Kier alpha value is -0.815. The van der Waals surface area contributed by atoms with Crippen molar-refractivity contribution in [3.8, 4) is 0 Å². The molecule has 2 rings (SSSR count). The van der Waals surface area contributed by atoms with Gasteiger partial charge in [0.25, 0.3) is 0 Å². The summed E-state index contributed by atoms with van der Waals surface area (Å²) in [6.07, 6.45) is 3.25. The zero-order valence-corrected chi connectivity index (χ0v) is 10.0. The van der Waals surface area contributed by atoms with Crippen molar-refractivity contribution in [1.29, 1.82) is 0 Å². The average molecular weight is 256 g/mol. The SMILES string of the molecule is OB(O)c1cc(NC2CCOCC2)ncc1Cl. The third-order valence-corrected chi connectivity index (χ3v) is 3.05. The van der Waals surface area contributed by atoms with Gasteiger partial charge >= 0.3 is 7.12 Å². The number of aromatic nitrogens is 1. The van der Waals surface area contributed by atoms with E-state index in [9.17, 15) is 0 Å². The number of anilines is 1. The minimum absolute atomic E-state index is 0.248. The van der Waals surface area contributed by atoms with E-state index in [4.69, 9.17) is 26.4 Å². The lowest BCUT2D eigenvalue weighted by Gasteiger charge is -2.23. The maximum absolute atomic E-state index is 9.13. The molecule has 92 valence electrons. The van der Waals surface area contributed by atoms with Crippen LogP contribution in [0.4, 0.5) is 5.82 Å². The molecule has 0 radical (unpaired) electrons. The second kappa shape index (κ2) is 5.68. The fourth-order valence-corrected chi connectivity index (χ4v) is 1.98. The predicted octanol–water partition coefficient (Wildman–Crippen LogP) is 0.00570. The van der Waals surface area contributed by atoms with Gasteiger partial charge in [-0.25, -0.2) is 4.98 Å². The van der Waals surface area contributed by atoms with E-state index in [1.165, 1.54) is 6.20 Å². The topological polar surface area (TPSA) is 74.6 Å². The van der Waals surface area contributed by atoms with Crippen LogP contribution in [0.3, 0.4) is 0 Å². The van der Waals surface area contributed by atoms with Crippen LogP contribution in [0.15, 0.2) is 12.3 Å². The Morgan fingerprint density at radius 3 is 2.76 bits per heavy atom. The summed E-state index contributed by atoms with van der Waals surface area (Å²) in [7, 11) is -1.58. The molecule has 0 spiro atoms. The Bertz CT molecular complexity index is 386. The van der Waals surface area contributed by atoms with E-state index < -0.39 is 7.12 Å². The van der Waals surface area contributed by atoms with Crippen LogP contribution < -0.4 is 10.8 Å². The fourth-order valence-electron chi connectivity index (χ4n) is 1.78. The summed E-state index contributed by atoms with van der Waals surface area (Å²) in [5, 5.41) is 21.7. The van der Waals surface area contributed by atoms with Gasteiger partial charge in [0.15, 0.2) is 0 Å². The zero-order valence-electron chi connectivity index (χ0n) is 9.27. The van der Waals surface area contributed by atoms with Gasteiger partial charge in [0.05, 0.1) is 5.02 Å². The molecular weight excluding hydrogens is 242 g/mol. The highest BCUT2D eigenvalue weighted by atomic mass is 35.5. The normalized spacial score (nSPS) is 16.9. The molecule has 0 bridgehead atoms. The van der Waals surface area contributed by atoms with Crippen LogP contribution in [0, 0.1) is 0 Å². The molecule has 0 amide bonds. The molecule has 5 nitrogen and oxygen atoms in total. The van der Waals surface area contributed by atoms with Crippen LogP contribution in [0.5, 0.6) is 0 Å². The third kappa shape index (κ3) is 3.32. The number of rotatable bonds is 3. The molecule has 17 heavy (non-hydrogen) atoms. The summed E-state index contributed by atoms with van der Waals surface area (Å²) in [4.78, 5) is 4.11. The van der Waals surface area contributed by atoms with Crippen LogP contribution in [-0.2, 0) is 4.74 Å². The van der Waals surface area contributed by atoms with Crippen molar-refractivity contribution < 1.29 is 14.8 Å². The Kier molecular flexibility index (Phi) is 4.23. The molecule has 1 aliphatic rings. The van der Waals surface area contributed by atoms with Crippen molar-refractivity contribution >= 4 is 30.0 Å². The van der Waals surface area contributed by atoms with Gasteiger partial charge in [-0.05, 0) is 18.9 Å². The summed E-state index contributed by atoms with van der Waals surface area (Å²) in [5.74, 6) is 0.601.